The van der Waals surface area contributed by atoms with Crippen LogP contribution < -0.4 is 10.6 Å². The molecule has 7 nitrogen and oxygen atoms in total. The lowest BCUT2D eigenvalue weighted by Crippen LogP contribution is -2.27. The number of thioether (sulfide) groups is 1. The summed E-state index contributed by atoms with van der Waals surface area (Å²) >= 11 is 2.77. The van der Waals surface area contributed by atoms with E-state index in [1.807, 2.05) is 59.5 Å². The molecule has 31 heavy (non-hydrogen) atoms. The lowest BCUT2D eigenvalue weighted by molar-refractivity contribution is -0.118. The number of rotatable bonds is 8. The van der Waals surface area contributed by atoms with Crippen molar-refractivity contribution in [3.63, 3.8) is 0 Å². The number of aromatic nitrogens is 2. The Labute approximate surface area is 189 Å². The van der Waals surface area contributed by atoms with Crippen molar-refractivity contribution >= 4 is 45.7 Å². The highest BCUT2D eigenvalue weighted by Gasteiger charge is 2.19. The Morgan fingerprint density at radius 1 is 1.00 bits per heavy atom. The molecule has 0 radical (unpaired) electrons. The molecule has 2 N–H and O–H groups in total. The molecule has 2 aromatic carbocycles. The van der Waals surface area contributed by atoms with Crippen LogP contribution in [0.2, 0.25) is 0 Å². The zero-order chi connectivity index (χ0) is 21.5. The molecular formula is C22H23N5O2S2. The van der Waals surface area contributed by atoms with Crippen molar-refractivity contribution in [2.24, 2.45) is 0 Å². The van der Waals surface area contributed by atoms with Gasteiger partial charge in [-0.2, -0.15) is 0 Å². The highest BCUT2D eigenvalue weighted by atomic mass is 32.2. The van der Waals surface area contributed by atoms with E-state index in [1.54, 1.807) is 0 Å². The van der Waals surface area contributed by atoms with Gasteiger partial charge in [0, 0.05) is 30.9 Å². The fourth-order valence-corrected chi connectivity index (χ4v) is 4.81. The molecule has 2 heterocycles. The van der Waals surface area contributed by atoms with Gasteiger partial charge >= 0.3 is 0 Å². The molecule has 160 valence electrons. The number of carbonyl (C=O) groups excluding carboxylic acids is 2. The maximum absolute atomic E-state index is 12.4. The maximum Gasteiger partial charge on any atom is 0.253 e. The van der Waals surface area contributed by atoms with Crippen LogP contribution in [0.5, 0.6) is 0 Å². The topological polar surface area (TPSA) is 87.2 Å². The van der Waals surface area contributed by atoms with Crippen LogP contribution in [-0.4, -0.2) is 45.8 Å². The van der Waals surface area contributed by atoms with Gasteiger partial charge in [0.15, 0.2) is 4.34 Å². The number of nitrogens with one attached hydrogen (secondary N) is 2. The first kappa shape index (κ1) is 21.3. The van der Waals surface area contributed by atoms with Crippen molar-refractivity contribution in [2.75, 3.05) is 24.2 Å². The Morgan fingerprint density at radius 3 is 2.48 bits per heavy atom. The monoisotopic (exact) mass is 453 g/mol. The number of nitrogens with zero attached hydrogens (tertiary/aromatic N) is 3. The second kappa shape index (κ2) is 10.4. The summed E-state index contributed by atoms with van der Waals surface area (Å²) in [5.41, 5.74) is 2.60. The number of anilines is 2. The molecule has 0 bridgehead atoms. The second-order valence-electron chi connectivity index (χ2n) is 7.13. The lowest BCUT2D eigenvalue weighted by Gasteiger charge is -2.15. The van der Waals surface area contributed by atoms with Crippen LogP contribution in [0.4, 0.5) is 10.8 Å². The average molecular weight is 454 g/mol. The summed E-state index contributed by atoms with van der Waals surface area (Å²) in [5, 5.41) is 15.0. The minimum absolute atomic E-state index is 0.0741. The standard InChI is InChI=1S/C22H23N5O2S2/c28-19(15-30-22-26-25-21(31-22)24-18-6-2-1-3-7-18)23-14-16-8-10-17(11-9-16)20(29)27-12-4-5-13-27/h1-3,6-11H,4-5,12-15H2,(H,23,28)(H,24,25). The molecule has 0 spiro atoms. The number of hydrogen-bond acceptors (Lipinski definition) is 7. The molecule has 1 aliphatic rings. The number of amides is 2. The molecule has 0 unspecified atom stereocenters. The van der Waals surface area contributed by atoms with Gasteiger partial charge in [0.2, 0.25) is 11.0 Å². The second-order valence-corrected chi connectivity index (χ2v) is 9.33. The van der Waals surface area contributed by atoms with Crippen molar-refractivity contribution in [1.29, 1.82) is 0 Å². The number of likely N-dealkylation sites (tertiary alicyclic amines) is 1. The highest BCUT2D eigenvalue weighted by molar-refractivity contribution is 8.01. The van der Waals surface area contributed by atoms with Crippen LogP contribution in [0, 0.1) is 0 Å². The van der Waals surface area contributed by atoms with Gasteiger partial charge in [-0.25, -0.2) is 0 Å². The molecule has 2 amide bonds. The Balaban J connectivity index is 1.20. The Kier molecular flexibility index (Phi) is 7.16. The zero-order valence-corrected chi connectivity index (χ0v) is 18.5. The fraction of sp³-hybridized carbons (Fsp3) is 0.273. The predicted molar refractivity (Wildman–Crippen MR) is 124 cm³/mol. The Bertz CT molecular complexity index is 1020. The maximum atomic E-state index is 12.4. The highest BCUT2D eigenvalue weighted by Crippen LogP contribution is 2.27. The van der Waals surface area contributed by atoms with Gasteiger partial charge in [-0.1, -0.05) is 53.4 Å². The molecule has 0 aliphatic carbocycles. The Morgan fingerprint density at radius 2 is 1.74 bits per heavy atom. The first-order chi connectivity index (χ1) is 15.2. The summed E-state index contributed by atoms with van der Waals surface area (Å²) in [6, 6.07) is 17.2. The summed E-state index contributed by atoms with van der Waals surface area (Å²) in [5.74, 6) is 0.281. The number of benzene rings is 2. The van der Waals surface area contributed by atoms with E-state index in [-0.39, 0.29) is 17.6 Å². The van der Waals surface area contributed by atoms with Gasteiger partial charge in [-0.15, -0.1) is 10.2 Å². The van der Waals surface area contributed by atoms with Gasteiger partial charge in [0.05, 0.1) is 5.75 Å². The molecule has 1 fully saturated rings. The summed E-state index contributed by atoms with van der Waals surface area (Å²) in [6.45, 7) is 2.11. The third-order valence-electron chi connectivity index (χ3n) is 4.84. The van der Waals surface area contributed by atoms with Gasteiger partial charge < -0.3 is 15.5 Å². The SMILES string of the molecule is O=C(CSc1nnc(Nc2ccccc2)s1)NCc1ccc(C(=O)N2CCCC2)cc1. The van der Waals surface area contributed by atoms with Crippen molar-refractivity contribution < 1.29 is 9.59 Å². The van der Waals surface area contributed by atoms with Gasteiger partial charge in [-0.3, -0.25) is 9.59 Å². The smallest absolute Gasteiger partial charge is 0.253 e. The summed E-state index contributed by atoms with van der Waals surface area (Å²) in [7, 11) is 0. The number of carbonyl (C=O) groups is 2. The predicted octanol–water partition coefficient (Wildman–Crippen LogP) is 3.93. The molecule has 4 rings (SSSR count). The third-order valence-corrected chi connectivity index (χ3v) is 6.81. The van der Waals surface area contributed by atoms with Crippen LogP contribution in [-0.2, 0) is 11.3 Å². The van der Waals surface area contributed by atoms with E-state index < -0.39 is 0 Å². The van der Waals surface area contributed by atoms with Crippen LogP contribution >= 0.6 is 23.1 Å². The summed E-state index contributed by atoms with van der Waals surface area (Å²) < 4.78 is 0.735. The van der Waals surface area contributed by atoms with Gasteiger partial charge in [-0.05, 0) is 42.7 Å². The molecule has 9 heteroatoms. The molecule has 1 aromatic heterocycles. The van der Waals surface area contributed by atoms with Gasteiger partial charge in [0.1, 0.15) is 0 Å². The van der Waals surface area contributed by atoms with E-state index >= 15 is 0 Å². The number of para-hydroxylation sites is 1. The molecule has 0 atom stereocenters. The zero-order valence-electron chi connectivity index (χ0n) is 16.9. The quantitative estimate of drug-likeness (QED) is 0.503. The minimum atomic E-state index is -0.0741. The third kappa shape index (κ3) is 6.05. The molecular weight excluding hydrogens is 430 g/mol. The normalized spacial score (nSPS) is 13.2. The Hall–Kier alpha value is -2.91. The van der Waals surface area contributed by atoms with E-state index in [2.05, 4.69) is 20.8 Å². The minimum Gasteiger partial charge on any atom is -0.351 e. The summed E-state index contributed by atoms with van der Waals surface area (Å²) in [6.07, 6.45) is 2.16. The number of hydrogen-bond donors (Lipinski definition) is 2. The molecule has 0 saturated carbocycles. The summed E-state index contributed by atoms with van der Waals surface area (Å²) in [4.78, 5) is 26.5. The van der Waals surface area contributed by atoms with Crippen molar-refractivity contribution in [3.8, 4) is 0 Å². The van der Waals surface area contributed by atoms with E-state index in [0.29, 0.717) is 17.2 Å². The van der Waals surface area contributed by atoms with Crippen LogP contribution in [0.1, 0.15) is 28.8 Å². The first-order valence-corrected chi connectivity index (χ1v) is 11.9. The molecule has 1 aliphatic heterocycles. The average Bonchev–Trinajstić information content (AvgIpc) is 3.49. The van der Waals surface area contributed by atoms with E-state index in [0.717, 1.165) is 41.5 Å². The van der Waals surface area contributed by atoms with Crippen molar-refractivity contribution in [1.82, 2.24) is 20.4 Å². The van der Waals surface area contributed by atoms with Crippen LogP contribution in [0.15, 0.2) is 58.9 Å². The molecule has 3 aromatic rings. The lowest BCUT2D eigenvalue weighted by atomic mass is 10.1. The van der Waals surface area contributed by atoms with Crippen molar-refractivity contribution in [2.45, 2.75) is 23.7 Å². The van der Waals surface area contributed by atoms with Crippen LogP contribution in [0.3, 0.4) is 0 Å². The van der Waals surface area contributed by atoms with E-state index in [1.165, 1.54) is 23.1 Å². The van der Waals surface area contributed by atoms with Crippen molar-refractivity contribution in [3.05, 3.63) is 65.7 Å². The molecule has 1 saturated heterocycles. The van der Waals surface area contributed by atoms with E-state index in [4.69, 9.17) is 0 Å². The fourth-order valence-electron chi connectivity index (χ4n) is 3.21. The van der Waals surface area contributed by atoms with Crippen LogP contribution in [0.25, 0.3) is 0 Å². The van der Waals surface area contributed by atoms with Gasteiger partial charge in [0.25, 0.3) is 5.91 Å². The first-order valence-electron chi connectivity index (χ1n) is 10.1. The largest absolute Gasteiger partial charge is 0.351 e. The van der Waals surface area contributed by atoms with E-state index in [9.17, 15) is 9.59 Å².